The van der Waals surface area contributed by atoms with Crippen LogP contribution in [0.15, 0.2) is 30.9 Å². The summed E-state index contributed by atoms with van der Waals surface area (Å²) in [6, 6.07) is 6.68. The molecule has 0 radical (unpaired) electrons. The maximum Gasteiger partial charge on any atom is 0.419 e. The molecule has 2 fully saturated rings. The Morgan fingerprint density at radius 2 is 2.02 bits per heavy atom. The number of halogens is 4. The van der Waals surface area contributed by atoms with Gasteiger partial charge in [0.05, 0.1) is 53.7 Å². The van der Waals surface area contributed by atoms with E-state index in [1.165, 1.54) is 24.3 Å². The van der Waals surface area contributed by atoms with Crippen LogP contribution in [0.4, 0.5) is 24.7 Å². The molecule has 3 aliphatic rings. The van der Waals surface area contributed by atoms with E-state index in [-0.39, 0.29) is 41.6 Å². The third-order valence-corrected chi connectivity index (χ3v) is 9.21. The zero-order chi connectivity index (χ0) is 31.6. The molecular weight excluding hydrogens is 595 g/mol. The van der Waals surface area contributed by atoms with Gasteiger partial charge in [-0.1, -0.05) is 24.2 Å². The third-order valence-electron chi connectivity index (χ3n) is 8.90. The van der Waals surface area contributed by atoms with Crippen LogP contribution in [0.5, 0.6) is 6.01 Å². The number of nitrogens with zero attached hydrogens (tertiary/aromatic N) is 7. The monoisotopic (exact) mass is 631 g/mol. The van der Waals surface area contributed by atoms with Crippen LogP contribution in [0.2, 0.25) is 5.02 Å². The van der Waals surface area contributed by atoms with E-state index in [4.69, 9.17) is 26.3 Å². The molecular formula is C31H37ClF3N7O2. The van der Waals surface area contributed by atoms with Gasteiger partial charge < -0.3 is 24.3 Å². The number of anilines is 2. The van der Waals surface area contributed by atoms with E-state index in [2.05, 4.69) is 31.6 Å². The largest absolute Gasteiger partial charge is 0.463 e. The average Bonchev–Trinajstić information content (AvgIpc) is 3.48. The predicted octanol–water partition coefficient (Wildman–Crippen LogP) is 4.94. The lowest BCUT2D eigenvalue weighted by Gasteiger charge is -2.42. The number of carbonyl (C=O) groups is 1. The Morgan fingerprint density at radius 1 is 1.23 bits per heavy atom. The quantitative estimate of drug-likeness (QED) is 0.379. The molecule has 0 N–H and O–H groups in total. The highest BCUT2D eigenvalue weighted by Gasteiger charge is 2.39. The fourth-order valence-electron chi connectivity index (χ4n) is 6.57. The van der Waals surface area contributed by atoms with E-state index in [1.54, 1.807) is 9.80 Å². The minimum atomic E-state index is -4.62. The minimum Gasteiger partial charge on any atom is -0.463 e. The zero-order valence-electron chi connectivity index (χ0n) is 25.0. The zero-order valence-corrected chi connectivity index (χ0v) is 25.7. The molecule has 44 heavy (non-hydrogen) atoms. The molecule has 1 aromatic carbocycles. The fraction of sp³-hybridized carbons (Fsp3) is 0.548. The minimum absolute atomic E-state index is 0.00426. The van der Waals surface area contributed by atoms with Crippen molar-refractivity contribution in [2.24, 2.45) is 5.92 Å². The van der Waals surface area contributed by atoms with Gasteiger partial charge in [0.15, 0.2) is 0 Å². The average molecular weight is 632 g/mol. The molecule has 1 saturated heterocycles. The molecule has 1 amide bonds. The SMILES string of the molecule is C=CC(=O)N1CCN(c2nc(OC[C@H]3CC[C@@H](N(C)C)C3)nc3c2CCN(c2cccc(Cl)c2C(F)(F)F)C3)C[C@@H]1CC#N. The number of piperazine rings is 1. The van der Waals surface area contributed by atoms with E-state index >= 15 is 0 Å². The number of amides is 1. The van der Waals surface area contributed by atoms with Crippen LogP contribution in [-0.4, -0.2) is 84.6 Å². The summed E-state index contributed by atoms with van der Waals surface area (Å²) in [5.41, 5.74) is 0.555. The van der Waals surface area contributed by atoms with Crippen molar-refractivity contribution in [3.63, 3.8) is 0 Å². The van der Waals surface area contributed by atoms with Crippen LogP contribution >= 0.6 is 11.6 Å². The smallest absolute Gasteiger partial charge is 0.419 e. The molecule has 0 unspecified atom stereocenters. The normalized spacial score (nSPS) is 22.1. The van der Waals surface area contributed by atoms with Crippen molar-refractivity contribution in [2.75, 3.05) is 56.7 Å². The third kappa shape index (κ3) is 6.74. The number of alkyl halides is 3. The molecule has 1 aliphatic carbocycles. The first-order chi connectivity index (χ1) is 21.0. The first-order valence-electron chi connectivity index (χ1n) is 14.8. The summed E-state index contributed by atoms with van der Waals surface area (Å²) in [6.45, 7) is 5.67. The Labute approximate surface area is 260 Å². The van der Waals surface area contributed by atoms with Gasteiger partial charge in [0, 0.05) is 37.8 Å². The molecule has 236 valence electrons. The first-order valence-corrected chi connectivity index (χ1v) is 15.2. The van der Waals surface area contributed by atoms with E-state index in [9.17, 15) is 23.2 Å². The van der Waals surface area contributed by atoms with Gasteiger partial charge in [-0.25, -0.2) is 0 Å². The summed E-state index contributed by atoms with van der Waals surface area (Å²) in [5.74, 6) is 0.748. The topological polar surface area (TPSA) is 88.8 Å². The Kier molecular flexibility index (Phi) is 9.56. The number of hydrogen-bond donors (Lipinski definition) is 0. The van der Waals surface area contributed by atoms with Gasteiger partial charge in [-0.3, -0.25) is 4.79 Å². The van der Waals surface area contributed by atoms with Crippen LogP contribution < -0.4 is 14.5 Å². The molecule has 1 aromatic heterocycles. The van der Waals surface area contributed by atoms with Crippen LogP contribution in [0.3, 0.4) is 0 Å². The second kappa shape index (κ2) is 13.2. The first kappa shape index (κ1) is 31.9. The lowest BCUT2D eigenvalue weighted by molar-refractivity contribution is -0.137. The van der Waals surface area contributed by atoms with Gasteiger partial charge in [0.25, 0.3) is 0 Å². The maximum absolute atomic E-state index is 14.0. The van der Waals surface area contributed by atoms with E-state index in [0.29, 0.717) is 62.7 Å². The molecule has 3 atom stereocenters. The van der Waals surface area contributed by atoms with Crippen molar-refractivity contribution in [3.8, 4) is 12.1 Å². The van der Waals surface area contributed by atoms with Gasteiger partial charge in [0.2, 0.25) is 5.91 Å². The van der Waals surface area contributed by atoms with E-state index in [0.717, 1.165) is 24.8 Å². The van der Waals surface area contributed by atoms with Crippen LogP contribution in [0.1, 0.15) is 42.5 Å². The number of nitriles is 1. The molecule has 0 spiro atoms. The number of rotatable bonds is 8. The van der Waals surface area contributed by atoms with Crippen LogP contribution in [0.25, 0.3) is 0 Å². The summed E-state index contributed by atoms with van der Waals surface area (Å²) in [6.07, 6.45) is 0.286. The molecule has 5 rings (SSSR count). The summed E-state index contributed by atoms with van der Waals surface area (Å²) in [7, 11) is 4.15. The molecule has 0 bridgehead atoms. The Hall–Kier alpha value is -3.56. The van der Waals surface area contributed by atoms with Crippen LogP contribution in [0, 0.1) is 17.2 Å². The van der Waals surface area contributed by atoms with E-state index in [1.807, 2.05) is 4.90 Å². The lowest BCUT2D eigenvalue weighted by atomic mass is 10.0. The standard InChI is InChI=1S/C31H37ClF3N7O2/c1-4-27(43)42-15-14-41(17-22(42)10-12-36)29-23-11-13-40(26-7-5-6-24(32)28(26)31(33,34)35)18-25(23)37-30(38-29)44-19-20-8-9-21(16-20)39(2)3/h4-7,20-22H,1,8-11,13-19H2,2-3H3/t20-,21+,22-/m0/s1. The van der Waals surface area contributed by atoms with Crippen LogP contribution in [-0.2, 0) is 23.9 Å². The van der Waals surface area contributed by atoms with Crippen molar-refractivity contribution in [1.82, 2.24) is 19.8 Å². The fourth-order valence-corrected chi connectivity index (χ4v) is 6.85. The van der Waals surface area contributed by atoms with Gasteiger partial charge in [0.1, 0.15) is 5.82 Å². The predicted molar refractivity (Wildman–Crippen MR) is 162 cm³/mol. The lowest BCUT2D eigenvalue weighted by Crippen LogP contribution is -2.55. The summed E-state index contributed by atoms with van der Waals surface area (Å²) in [4.78, 5) is 29.6. The van der Waals surface area contributed by atoms with Crippen molar-refractivity contribution in [3.05, 3.63) is 52.7 Å². The Morgan fingerprint density at radius 3 is 2.70 bits per heavy atom. The molecule has 1 saturated carbocycles. The van der Waals surface area contributed by atoms with Gasteiger partial charge in [-0.15, -0.1) is 0 Å². The molecule has 3 heterocycles. The van der Waals surface area contributed by atoms with Crippen molar-refractivity contribution in [2.45, 2.75) is 56.9 Å². The summed E-state index contributed by atoms with van der Waals surface area (Å²) in [5, 5.41) is 9.12. The number of carbonyl (C=O) groups excluding carboxylic acids is 1. The Bertz CT molecular complexity index is 1430. The number of aromatic nitrogens is 2. The highest BCUT2D eigenvalue weighted by molar-refractivity contribution is 6.31. The van der Waals surface area contributed by atoms with Gasteiger partial charge in [-0.2, -0.15) is 28.4 Å². The summed E-state index contributed by atoms with van der Waals surface area (Å²) >= 11 is 6.04. The Balaban J connectivity index is 1.47. The molecule has 2 aromatic rings. The molecule has 13 heteroatoms. The highest BCUT2D eigenvalue weighted by Crippen LogP contribution is 2.43. The second-order valence-electron chi connectivity index (χ2n) is 11.9. The number of fused-ring (bicyclic) bond motifs is 1. The second-order valence-corrected chi connectivity index (χ2v) is 12.3. The molecule has 2 aliphatic heterocycles. The maximum atomic E-state index is 14.0. The number of ether oxygens (including phenoxy) is 1. The number of hydrogen-bond acceptors (Lipinski definition) is 8. The van der Waals surface area contributed by atoms with Gasteiger partial charge >= 0.3 is 12.2 Å². The molecule has 9 nitrogen and oxygen atoms in total. The summed E-state index contributed by atoms with van der Waals surface area (Å²) < 4.78 is 48.3. The van der Waals surface area contributed by atoms with Crippen molar-refractivity contribution in [1.29, 1.82) is 5.26 Å². The highest BCUT2D eigenvalue weighted by atomic mass is 35.5. The number of benzene rings is 1. The van der Waals surface area contributed by atoms with Crippen molar-refractivity contribution < 1.29 is 22.7 Å². The van der Waals surface area contributed by atoms with E-state index < -0.39 is 11.7 Å². The van der Waals surface area contributed by atoms with Crippen molar-refractivity contribution >= 4 is 29.0 Å². The van der Waals surface area contributed by atoms with Gasteiger partial charge in [-0.05, 0) is 63.9 Å².